The van der Waals surface area contributed by atoms with E-state index in [1.165, 1.54) is 12.1 Å². The zero-order chi connectivity index (χ0) is 11.6. The van der Waals surface area contributed by atoms with E-state index >= 15 is 0 Å². The summed E-state index contributed by atoms with van der Waals surface area (Å²) in [7, 11) is -3.90. The predicted octanol–water partition coefficient (Wildman–Crippen LogP) is 0.763. The first kappa shape index (κ1) is 12.0. The van der Waals surface area contributed by atoms with Crippen molar-refractivity contribution in [2.24, 2.45) is 5.14 Å². The maximum absolute atomic E-state index is 10.7. The zero-order valence-corrected chi connectivity index (χ0v) is 9.67. The first-order chi connectivity index (χ1) is 6.78. The molecule has 8 heteroatoms. The highest BCUT2D eigenvalue weighted by molar-refractivity contribution is 9.10. The quantitative estimate of drug-likeness (QED) is 0.764. The second-order valence-electron chi connectivity index (χ2n) is 2.68. The molecule has 0 fully saturated rings. The number of nitrogens with one attached hydrogen (secondary N) is 1. The van der Waals surface area contributed by atoms with Crippen LogP contribution in [0.2, 0.25) is 0 Å². The summed E-state index contributed by atoms with van der Waals surface area (Å²) in [5.41, 5.74) is 0.0415. The average Bonchev–Trinajstić information content (AvgIpc) is 1.99. The van der Waals surface area contributed by atoms with Crippen LogP contribution in [0, 0.1) is 0 Å². The minimum Gasteiger partial charge on any atom is -0.478 e. The van der Waals surface area contributed by atoms with Gasteiger partial charge in [-0.05, 0) is 18.2 Å². The largest absolute Gasteiger partial charge is 0.478 e. The van der Waals surface area contributed by atoms with Gasteiger partial charge in [0, 0.05) is 4.47 Å². The van der Waals surface area contributed by atoms with E-state index in [2.05, 4.69) is 15.9 Å². The maximum Gasteiger partial charge on any atom is 0.335 e. The van der Waals surface area contributed by atoms with Crippen LogP contribution in [0.15, 0.2) is 22.7 Å². The molecule has 0 aliphatic rings. The average molecular weight is 295 g/mol. The third kappa shape index (κ3) is 3.86. The fraction of sp³-hybridized carbons (Fsp3) is 0. The Kier molecular flexibility index (Phi) is 3.32. The lowest BCUT2D eigenvalue weighted by atomic mass is 10.2. The van der Waals surface area contributed by atoms with Gasteiger partial charge in [-0.25, -0.2) is 9.93 Å². The smallest absolute Gasteiger partial charge is 0.335 e. The fourth-order valence-corrected chi connectivity index (χ4v) is 1.88. The van der Waals surface area contributed by atoms with Crippen LogP contribution < -0.4 is 9.86 Å². The summed E-state index contributed by atoms with van der Waals surface area (Å²) in [4.78, 5) is 10.6. The minimum absolute atomic E-state index is 0.0458. The van der Waals surface area contributed by atoms with E-state index in [9.17, 15) is 13.2 Å². The highest BCUT2D eigenvalue weighted by Gasteiger charge is 2.08. The molecular formula is C7H7BrN2O4S. The molecule has 6 nitrogen and oxygen atoms in total. The van der Waals surface area contributed by atoms with E-state index in [4.69, 9.17) is 10.2 Å². The van der Waals surface area contributed by atoms with E-state index in [1.807, 2.05) is 4.72 Å². The number of carboxylic acid groups (broad SMARTS) is 1. The van der Waals surface area contributed by atoms with Crippen molar-refractivity contribution in [2.75, 3.05) is 4.72 Å². The fourth-order valence-electron chi connectivity index (χ4n) is 0.936. The monoisotopic (exact) mass is 294 g/mol. The molecule has 1 aromatic carbocycles. The third-order valence-corrected chi connectivity index (χ3v) is 2.38. The van der Waals surface area contributed by atoms with E-state index in [0.717, 1.165) is 6.07 Å². The first-order valence-corrected chi connectivity index (χ1v) is 5.96. The van der Waals surface area contributed by atoms with Gasteiger partial charge in [0.15, 0.2) is 0 Å². The van der Waals surface area contributed by atoms with Crippen molar-refractivity contribution in [1.82, 2.24) is 0 Å². The number of benzene rings is 1. The number of hydrogen-bond donors (Lipinski definition) is 3. The van der Waals surface area contributed by atoms with Crippen molar-refractivity contribution in [2.45, 2.75) is 0 Å². The maximum atomic E-state index is 10.7. The normalized spacial score (nSPS) is 11.1. The number of hydrogen-bond acceptors (Lipinski definition) is 3. The first-order valence-electron chi connectivity index (χ1n) is 3.62. The predicted molar refractivity (Wildman–Crippen MR) is 57.8 cm³/mol. The van der Waals surface area contributed by atoms with Crippen LogP contribution in [0.1, 0.15) is 10.4 Å². The van der Waals surface area contributed by atoms with E-state index < -0.39 is 16.2 Å². The number of carbonyl (C=O) groups is 1. The van der Waals surface area contributed by atoms with E-state index in [0.29, 0.717) is 4.47 Å². The van der Waals surface area contributed by atoms with Crippen molar-refractivity contribution in [3.05, 3.63) is 28.2 Å². The highest BCUT2D eigenvalue weighted by Crippen LogP contribution is 2.20. The van der Waals surface area contributed by atoms with E-state index in [1.54, 1.807) is 0 Å². The second-order valence-corrected chi connectivity index (χ2v) is 4.89. The van der Waals surface area contributed by atoms with Crippen LogP contribution in [-0.4, -0.2) is 19.5 Å². The van der Waals surface area contributed by atoms with Gasteiger partial charge in [0.1, 0.15) is 0 Å². The van der Waals surface area contributed by atoms with Crippen molar-refractivity contribution in [1.29, 1.82) is 0 Å². The summed E-state index contributed by atoms with van der Waals surface area (Å²) in [6.07, 6.45) is 0. The summed E-state index contributed by atoms with van der Waals surface area (Å²) >= 11 is 3.05. The molecule has 4 N–H and O–H groups in total. The van der Waals surface area contributed by atoms with Crippen LogP contribution in [0.4, 0.5) is 5.69 Å². The van der Waals surface area contributed by atoms with Crippen LogP contribution in [0.3, 0.4) is 0 Å². The molecular weight excluding hydrogens is 288 g/mol. The Morgan fingerprint density at radius 1 is 1.40 bits per heavy atom. The molecule has 1 rings (SSSR count). The Bertz CT molecular complexity index is 500. The summed E-state index contributed by atoms with van der Waals surface area (Å²) in [5, 5.41) is 13.4. The third-order valence-electron chi connectivity index (χ3n) is 1.40. The summed E-state index contributed by atoms with van der Waals surface area (Å²) in [6.45, 7) is 0. The lowest BCUT2D eigenvalue weighted by Crippen LogP contribution is -2.21. The molecule has 15 heavy (non-hydrogen) atoms. The zero-order valence-electron chi connectivity index (χ0n) is 7.27. The Hall–Kier alpha value is -1.12. The van der Waals surface area contributed by atoms with Gasteiger partial charge in [-0.2, -0.15) is 8.42 Å². The highest BCUT2D eigenvalue weighted by atomic mass is 79.9. The van der Waals surface area contributed by atoms with E-state index in [-0.39, 0.29) is 11.3 Å². The Balaban J connectivity index is 3.15. The number of nitrogens with two attached hydrogens (primary N) is 1. The number of halogens is 1. The molecule has 0 aliphatic carbocycles. The summed E-state index contributed by atoms with van der Waals surface area (Å²) < 4.78 is 23.8. The molecule has 0 amide bonds. The van der Waals surface area contributed by atoms with Crippen LogP contribution in [0.25, 0.3) is 0 Å². The van der Waals surface area contributed by atoms with Gasteiger partial charge >= 0.3 is 5.97 Å². The van der Waals surface area contributed by atoms with Crippen molar-refractivity contribution >= 4 is 37.8 Å². The number of rotatable bonds is 3. The van der Waals surface area contributed by atoms with Crippen LogP contribution >= 0.6 is 15.9 Å². The molecule has 0 heterocycles. The number of carboxylic acids is 1. The van der Waals surface area contributed by atoms with Crippen molar-refractivity contribution in [3.63, 3.8) is 0 Å². The van der Waals surface area contributed by atoms with Gasteiger partial charge in [0.2, 0.25) is 0 Å². The Morgan fingerprint density at radius 2 is 2.00 bits per heavy atom. The molecule has 0 aromatic heterocycles. The topological polar surface area (TPSA) is 109 Å². The molecule has 0 radical (unpaired) electrons. The minimum atomic E-state index is -3.90. The lowest BCUT2D eigenvalue weighted by molar-refractivity contribution is 0.0697. The van der Waals surface area contributed by atoms with Gasteiger partial charge in [-0.3, -0.25) is 4.72 Å². The van der Waals surface area contributed by atoms with Crippen LogP contribution in [0.5, 0.6) is 0 Å². The molecule has 0 bridgehead atoms. The Labute approximate surface area is 94.4 Å². The second kappa shape index (κ2) is 4.17. The van der Waals surface area contributed by atoms with Gasteiger partial charge in [0.05, 0.1) is 11.3 Å². The van der Waals surface area contributed by atoms with Gasteiger partial charge in [-0.15, -0.1) is 0 Å². The summed E-state index contributed by atoms with van der Waals surface area (Å²) in [5.74, 6) is -1.16. The number of aromatic carboxylic acids is 1. The van der Waals surface area contributed by atoms with Gasteiger partial charge < -0.3 is 5.11 Å². The Morgan fingerprint density at radius 3 is 2.47 bits per heavy atom. The lowest BCUT2D eigenvalue weighted by Gasteiger charge is -2.05. The molecule has 0 spiro atoms. The molecule has 0 unspecified atom stereocenters. The molecule has 0 saturated heterocycles. The van der Waals surface area contributed by atoms with Crippen LogP contribution in [-0.2, 0) is 10.2 Å². The van der Waals surface area contributed by atoms with Gasteiger partial charge in [-0.1, -0.05) is 15.9 Å². The number of anilines is 1. The molecule has 0 atom stereocenters. The molecule has 0 aliphatic heterocycles. The molecule has 82 valence electrons. The van der Waals surface area contributed by atoms with Crippen molar-refractivity contribution in [3.8, 4) is 0 Å². The standard InChI is InChI=1S/C7H7BrN2O4S/c8-5-1-4(7(11)12)2-6(3-5)10-15(9,13)14/h1-3,10H,(H,11,12)(H2,9,13,14). The van der Waals surface area contributed by atoms with Crippen molar-refractivity contribution < 1.29 is 18.3 Å². The molecule has 0 saturated carbocycles. The van der Waals surface area contributed by atoms with Gasteiger partial charge in [0.25, 0.3) is 10.2 Å². The summed E-state index contributed by atoms with van der Waals surface area (Å²) in [6, 6.07) is 3.91. The molecule has 1 aromatic rings. The SMILES string of the molecule is NS(=O)(=O)Nc1cc(Br)cc(C(=O)O)c1.